The van der Waals surface area contributed by atoms with E-state index in [1.54, 1.807) is 0 Å². The van der Waals surface area contributed by atoms with Crippen molar-refractivity contribution in [2.45, 2.75) is 103 Å². The van der Waals surface area contributed by atoms with Gasteiger partial charge in [0.1, 0.15) is 12.7 Å². The first-order valence-electron chi connectivity index (χ1n) is 12.1. The highest BCUT2D eigenvalue weighted by molar-refractivity contribution is 5.76. The topological polar surface area (TPSA) is 170 Å². The highest BCUT2D eigenvalue weighted by Gasteiger charge is 2.52. The van der Waals surface area contributed by atoms with Crippen molar-refractivity contribution < 1.29 is 57.2 Å². The van der Waals surface area contributed by atoms with Gasteiger partial charge in [0.05, 0.1) is 7.11 Å². The van der Waals surface area contributed by atoms with Crippen molar-refractivity contribution in [3.8, 4) is 0 Å². The zero-order chi connectivity index (χ0) is 28.0. The van der Waals surface area contributed by atoms with Crippen LogP contribution in [0.25, 0.3) is 0 Å². The standard InChI is InChI=1S/C24H37NO12/c1-14(26)33-13-18-21(34-15(2)27)22(35-16(3)28)23(36-17(4)29)24(37-18)25-19(30)11-9-7-6-8-10-12-20(31)32-5/h18,21-24H,6-13H2,1-5H3,(H,25,30)/t18-,21+,22+,23-,24-/m1/s1. The molecule has 1 fully saturated rings. The number of hydrogen-bond acceptors (Lipinski definition) is 12. The molecule has 0 aromatic heterocycles. The number of carbonyl (C=O) groups is 6. The quantitative estimate of drug-likeness (QED) is 0.193. The number of amides is 1. The van der Waals surface area contributed by atoms with Gasteiger partial charge in [0.25, 0.3) is 0 Å². The molecule has 1 saturated heterocycles. The average Bonchev–Trinajstić information content (AvgIpc) is 2.79. The molecule has 0 aromatic carbocycles. The first kappa shape index (κ1) is 31.8. The van der Waals surface area contributed by atoms with E-state index in [-0.39, 0.29) is 19.0 Å². The van der Waals surface area contributed by atoms with Crippen molar-refractivity contribution in [3.05, 3.63) is 0 Å². The van der Waals surface area contributed by atoms with Gasteiger partial charge in [-0.1, -0.05) is 19.3 Å². The number of hydrogen-bond donors (Lipinski definition) is 1. The van der Waals surface area contributed by atoms with Crippen molar-refractivity contribution in [1.82, 2.24) is 5.32 Å². The minimum absolute atomic E-state index is 0.129. The van der Waals surface area contributed by atoms with E-state index in [4.69, 9.17) is 23.7 Å². The Morgan fingerprint density at radius 3 is 1.73 bits per heavy atom. The first-order valence-corrected chi connectivity index (χ1v) is 12.1. The molecule has 1 aliphatic heterocycles. The second kappa shape index (κ2) is 16.5. The largest absolute Gasteiger partial charge is 0.469 e. The maximum absolute atomic E-state index is 12.6. The summed E-state index contributed by atoms with van der Waals surface area (Å²) in [6.45, 7) is 4.15. The molecule has 0 aliphatic carbocycles. The van der Waals surface area contributed by atoms with E-state index < -0.39 is 60.4 Å². The summed E-state index contributed by atoms with van der Waals surface area (Å²) in [4.78, 5) is 70.6. The van der Waals surface area contributed by atoms with Crippen LogP contribution >= 0.6 is 0 Å². The molecular weight excluding hydrogens is 494 g/mol. The van der Waals surface area contributed by atoms with Crippen LogP contribution < -0.4 is 5.32 Å². The Morgan fingerprint density at radius 1 is 0.676 bits per heavy atom. The lowest BCUT2D eigenvalue weighted by Gasteiger charge is -2.44. The van der Waals surface area contributed by atoms with Gasteiger partial charge in [-0.15, -0.1) is 0 Å². The molecular formula is C24H37NO12. The maximum atomic E-state index is 12.6. The third-order valence-corrected chi connectivity index (χ3v) is 5.31. The summed E-state index contributed by atoms with van der Waals surface area (Å²) in [6, 6.07) is 0. The molecule has 0 spiro atoms. The smallest absolute Gasteiger partial charge is 0.305 e. The van der Waals surface area contributed by atoms with Gasteiger partial charge in [0.2, 0.25) is 5.91 Å². The Kier molecular flexibility index (Phi) is 14.2. The Hall–Kier alpha value is -3.22. The predicted molar refractivity (Wildman–Crippen MR) is 124 cm³/mol. The van der Waals surface area contributed by atoms with Crippen LogP contribution in [0, 0.1) is 0 Å². The zero-order valence-electron chi connectivity index (χ0n) is 21.9. The number of rotatable bonds is 14. The summed E-state index contributed by atoms with van der Waals surface area (Å²) < 4.78 is 31.4. The van der Waals surface area contributed by atoms with Crippen molar-refractivity contribution in [2.24, 2.45) is 0 Å². The van der Waals surface area contributed by atoms with Crippen LogP contribution in [0.2, 0.25) is 0 Å². The first-order chi connectivity index (χ1) is 17.4. The highest BCUT2D eigenvalue weighted by Crippen LogP contribution is 2.28. The van der Waals surface area contributed by atoms with Gasteiger partial charge in [-0.3, -0.25) is 28.8 Å². The van der Waals surface area contributed by atoms with Gasteiger partial charge in [-0.05, 0) is 12.8 Å². The molecule has 1 N–H and O–H groups in total. The fourth-order valence-corrected chi connectivity index (χ4v) is 3.76. The van der Waals surface area contributed by atoms with Gasteiger partial charge in [-0.25, -0.2) is 0 Å². The number of nitrogens with one attached hydrogen (secondary N) is 1. The predicted octanol–water partition coefficient (Wildman–Crippen LogP) is 1.09. The SMILES string of the molecule is COC(=O)CCCCCCCC(=O)N[C@@H]1O[C@H](COC(C)=O)[C@H](OC(C)=O)[C@H](OC(C)=O)[C@H]1OC(C)=O. The van der Waals surface area contributed by atoms with Gasteiger partial charge in [-0.2, -0.15) is 0 Å². The fraction of sp³-hybridized carbons (Fsp3) is 0.750. The molecule has 5 atom stereocenters. The lowest BCUT2D eigenvalue weighted by atomic mass is 9.97. The number of ether oxygens (including phenoxy) is 6. The Balaban J connectivity index is 2.91. The fourth-order valence-electron chi connectivity index (χ4n) is 3.76. The zero-order valence-corrected chi connectivity index (χ0v) is 21.9. The summed E-state index contributed by atoms with van der Waals surface area (Å²) in [5.74, 6) is -3.57. The van der Waals surface area contributed by atoms with E-state index in [1.165, 1.54) is 14.0 Å². The van der Waals surface area contributed by atoms with E-state index in [1.807, 2.05) is 0 Å². The minimum atomic E-state index is -1.35. The lowest BCUT2D eigenvalue weighted by Crippen LogP contribution is -2.66. The van der Waals surface area contributed by atoms with Crippen LogP contribution in [-0.2, 0) is 57.2 Å². The molecule has 13 heteroatoms. The van der Waals surface area contributed by atoms with E-state index in [0.29, 0.717) is 19.3 Å². The highest BCUT2D eigenvalue weighted by atomic mass is 16.7. The molecule has 210 valence electrons. The van der Waals surface area contributed by atoms with Crippen molar-refractivity contribution in [1.29, 1.82) is 0 Å². The normalized spacial score (nSPS) is 22.8. The summed E-state index contributed by atoms with van der Waals surface area (Å²) in [5.41, 5.74) is 0. The van der Waals surface area contributed by atoms with Crippen LogP contribution in [0.4, 0.5) is 0 Å². The Bertz CT molecular complexity index is 814. The molecule has 1 amide bonds. The number of unbranched alkanes of at least 4 members (excludes halogenated alkanes) is 4. The van der Waals surface area contributed by atoms with E-state index >= 15 is 0 Å². The van der Waals surface area contributed by atoms with Gasteiger partial charge in [0.15, 0.2) is 24.5 Å². The van der Waals surface area contributed by atoms with Crippen molar-refractivity contribution >= 4 is 35.8 Å². The van der Waals surface area contributed by atoms with E-state index in [9.17, 15) is 28.8 Å². The summed E-state index contributed by atoms with van der Waals surface area (Å²) in [6.07, 6.45) is -2.29. The number of carbonyl (C=O) groups excluding carboxylic acids is 6. The molecule has 1 aliphatic rings. The van der Waals surface area contributed by atoms with Crippen LogP contribution in [0.15, 0.2) is 0 Å². The van der Waals surface area contributed by atoms with Gasteiger partial charge < -0.3 is 33.7 Å². The molecule has 37 heavy (non-hydrogen) atoms. The van der Waals surface area contributed by atoms with Crippen LogP contribution in [0.5, 0.6) is 0 Å². The second-order valence-electron chi connectivity index (χ2n) is 8.53. The molecule has 0 unspecified atom stereocenters. The lowest BCUT2D eigenvalue weighted by molar-refractivity contribution is -0.257. The second-order valence-corrected chi connectivity index (χ2v) is 8.53. The molecule has 1 rings (SSSR count). The van der Waals surface area contributed by atoms with Gasteiger partial charge in [0, 0.05) is 40.5 Å². The molecule has 0 bridgehead atoms. The summed E-state index contributed by atoms with van der Waals surface area (Å²) >= 11 is 0. The van der Waals surface area contributed by atoms with E-state index in [2.05, 4.69) is 10.1 Å². The van der Waals surface area contributed by atoms with Crippen LogP contribution in [0.3, 0.4) is 0 Å². The average molecular weight is 532 g/mol. The molecule has 1 heterocycles. The maximum Gasteiger partial charge on any atom is 0.305 e. The molecule has 13 nitrogen and oxygen atoms in total. The minimum Gasteiger partial charge on any atom is -0.469 e. The monoisotopic (exact) mass is 531 g/mol. The van der Waals surface area contributed by atoms with Gasteiger partial charge >= 0.3 is 29.8 Å². The Morgan fingerprint density at radius 2 is 1.19 bits per heavy atom. The summed E-state index contributed by atoms with van der Waals surface area (Å²) in [7, 11) is 1.34. The number of methoxy groups -OCH3 is 1. The molecule has 0 saturated carbocycles. The number of esters is 5. The van der Waals surface area contributed by atoms with Crippen molar-refractivity contribution in [3.63, 3.8) is 0 Å². The van der Waals surface area contributed by atoms with Crippen molar-refractivity contribution in [2.75, 3.05) is 13.7 Å². The van der Waals surface area contributed by atoms with Crippen LogP contribution in [0.1, 0.15) is 72.6 Å². The third-order valence-electron chi connectivity index (χ3n) is 5.31. The Labute approximate surface area is 215 Å². The summed E-state index contributed by atoms with van der Waals surface area (Å²) in [5, 5.41) is 2.62. The van der Waals surface area contributed by atoms with Crippen LogP contribution in [-0.4, -0.2) is 80.1 Å². The van der Waals surface area contributed by atoms with E-state index in [0.717, 1.165) is 40.0 Å². The third kappa shape index (κ3) is 12.5. The molecule has 0 radical (unpaired) electrons. The molecule has 0 aromatic rings.